The Balaban J connectivity index is 1.89. The maximum atomic E-state index is 5.44. The van der Waals surface area contributed by atoms with Crippen molar-refractivity contribution >= 4 is 5.96 Å². The van der Waals surface area contributed by atoms with Gasteiger partial charge in [-0.05, 0) is 31.6 Å². The van der Waals surface area contributed by atoms with Crippen LogP contribution >= 0.6 is 0 Å². The number of guanidine groups is 1. The van der Waals surface area contributed by atoms with Crippen LogP contribution in [0.3, 0.4) is 0 Å². The highest BCUT2D eigenvalue weighted by Crippen LogP contribution is 2.20. The standard InChI is InChI=1S/C20H37N5O/c1-6-18-17(19(7-2)26-24-18)12-23-20(21-8-3)22-9-10-25-13-15(4)11-16(5)14-25/h15-16H,6-14H2,1-5H3,(H2,21,22,23). The molecule has 2 N–H and O–H groups in total. The fourth-order valence-electron chi connectivity index (χ4n) is 3.92. The summed E-state index contributed by atoms with van der Waals surface area (Å²) in [6.45, 7) is 16.9. The van der Waals surface area contributed by atoms with Crippen LogP contribution in [0.2, 0.25) is 0 Å². The highest BCUT2D eigenvalue weighted by molar-refractivity contribution is 5.79. The smallest absolute Gasteiger partial charge is 0.191 e. The Bertz CT molecular complexity index is 537. The molecule has 0 saturated carbocycles. The second kappa shape index (κ2) is 10.6. The van der Waals surface area contributed by atoms with Crippen molar-refractivity contribution in [3.8, 4) is 0 Å². The molecule has 0 aliphatic carbocycles. The summed E-state index contributed by atoms with van der Waals surface area (Å²) in [6.07, 6.45) is 3.09. The van der Waals surface area contributed by atoms with Crippen LogP contribution in [0, 0.1) is 11.8 Å². The molecule has 0 radical (unpaired) electrons. The molecule has 2 heterocycles. The predicted molar refractivity (Wildman–Crippen MR) is 107 cm³/mol. The Morgan fingerprint density at radius 1 is 1.15 bits per heavy atom. The van der Waals surface area contributed by atoms with Crippen molar-refractivity contribution in [2.45, 2.75) is 60.4 Å². The van der Waals surface area contributed by atoms with Crippen LogP contribution in [0.4, 0.5) is 0 Å². The lowest BCUT2D eigenvalue weighted by Gasteiger charge is -2.35. The normalized spacial score (nSPS) is 21.8. The number of aromatic nitrogens is 1. The zero-order chi connectivity index (χ0) is 18.9. The van der Waals surface area contributed by atoms with Crippen molar-refractivity contribution in [2.24, 2.45) is 16.8 Å². The molecule has 1 aliphatic heterocycles. The number of likely N-dealkylation sites (tertiary alicyclic amines) is 1. The minimum Gasteiger partial charge on any atom is -0.361 e. The van der Waals surface area contributed by atoms with Gasteiger partial charge in [-0.15, -0.1) is 0 Å². The fourth-order valence-corrected chi connectivity index (χ4v) is 3.92. The van der Waals surface area contributed by atoms with Gasteiger partial charge in [0.15, 0.2) is 5.96 Å². The molecule has 0 spiro atoms. The molecule has 1 aliphatic rings. The highest BCUT2D eigenvalue weighted by Gasteiger charge is 2.21. The summed E-state index contributed by atoms with van der Waals surface area (Å²) in [5.41, 5.74) is 2.17. The highest BCUT2D eigenvalue weighted by atomic mass is 16.5. The maximum absolute atomic E-state index is 5.44. The summed E-state index contributed by atoms with van der Waals surface area (Å²) in [5, 5.41) is 11.0. The van der Waals surface area contributed by atoms with E-state index in [9.17, 15) is 0 Å². The summed E-state index contributed by atoms with van der Waals surface area (Å²) in [5.74, 6) is 3.43. The van der Waals surface area contributed by atoms with Gasteiger partial charge in [-0.25, -0.2) is 4.99 Å². The van der Waals surface area contributed by atoms with Crippen LogP contribution < -0.4 is 10.6 Å². The fraction of sp³-hybridized carbons (Fsp3) is 0.800. The van der Waals surface area contributed by atoms with Crippen LogP contribution in [0.1, 0.15) is 58.1 Å². The van der Waals surface area contributed by atoms with E-state index < -0.39 is 0 Å². The van der Waals surface area contributed by atoms with Crippen molar-refractivity contribution in [2.75, 3.05) is 32.7 Å². The van der Waals surface area contributed by atoms with Gasteiger partial charge in [0.1, 0.15) is 5.76 Å². The quantitative estimate of drug-likeness (QED) is 0.549. The molecule has 0 amide bonds. The monoisotopic (exact) mass is 363 g/mol. The maximum Gasteiger partial charge on any atom is 0.191 e. The van der Waals surface area contributed by atoms with Crippen molar-refractivity contribution in [1.29, 1.82) is 0 Å². The lowest BCUT2D eigenvalue weighted by Crippen LogP contribution is -2.45. The molecular weight excluding hydrogens is 326 g/mol. The molecule has 2 atom stereocenters. The number of rotatable bonds is 8. The van der Waals surface area contributed by atoms with Gasteiger partial charge in [0, 0.05) is 44.7 Å². The van der Waals surface area contributed by atoms with E-state index in [2.05, 4.69) is 55.3 Å². The summed E-state index contributed by atoms with van der Waals surface area (Å²) < 4.78 is 5.44. The first-order chi connectivity index (χ1) is 12.6. The molecule has 1 saturated heterocycles. The third kappa shape index (κ3) is 6.01. The topological polar surface area (TPSA) is 65.7 Å². The molecule has 0 aromatic carbocycles. The Morgan fingerprint density at radius 3 is 2.50 bits per heavy atom. The molecule has 1 fully saturated rings. The van der Waals surface area contributed by atoms with Gasteiger partial charge >= 0.3 is 0 Å². The first-order valence-electron chi connectivity index (χ1n) is 10.3. The number of piperidine rings is 1. The molecule has 6 heteroatoms. The molecule has 1 aromatic rings. The minimum absolute atomic E-state index is 0.614. The second-order valence-electron chi connectivity index (χ2n) is 7.57. The average Bonchev–Trinajstić information content (AvgIpc) is 3.00. The van der Waals surface area contributed by atoms with Gasteiger partial charge in [-0.1, -0.05) is 32.9 Å². The number of aryl methyl sites for hydroxylation is 2. The first kappa shape index (κ1) is 20.7. The summed E-state index contributed by atoms with van der Waals surface area (Å²) in [6, 6.07) is 0. The Morgan fingerprint density at radius 2 is 1.88 bits per heavy atom. The first-order valence-corrected chi connectivity index (χ1v) is 10.3. The van der Waals surface area contributed by atoms with Crippen molar-refractivity contribution in [3.05, 3.63) is 17.0 Å². The molecule has 2 rings (SSSR count). The third-order valence-electron chi connectivity index (χ3n) is 5.01. The van der Waals surface area contributed by atoms with Crippen LogP contribution in [-0.2, 0) is 19.4 Å². The zero-order valence-corrected chi connectivity index (χ0v) is 17.3. The molecule has 1 aromatic heterocycles. The Hall–Kier alpha value is -1.56. The molecule has 0 bridgehead atoms. The van der Waals surface area contributed by atoms with E-state index in [0.29, 0.717) is 6.54 Å². The van der Waals surface area contributed by atoms with Crippen molar-refractivity contribution in [3.63, 3.8) is 0 Å². The van der Waals surface area contributed by atoms with E-state index in [0.717, 1.165) is 67.3 Å². The predicted octanol–water partition coefficient (Wildman–Crippen LogP) is 2.83. The molecule has 2 unspecified atom stereocenters. The van der Waals surface area contributed by atoms with E-state index in [-0.39, 0.29) is 0 Å². The van der Waals surface area contributed by atoms with E-state index >= 15 is 0 Å². The SMILES string of the molecule is CCNC(=NCc1c(CC)noc1CC)NCCN1CC(C)CC(C)C1. The second-order valence-corrected chi connectivity index (χ2v) is 7.57. The minimum atomic E-state index is 0.614. The zero-order valence-electron chi connectivity index (χ0n) is 17.3. The van der Waals surface area contributed by atoms with Crippen LogP contribution in [0.15, 0.2) is 9.52 Å². The lowest BCUT2D eigenvalue weighted by molar-refractivity contribution is 0.143. The van der Waals surface area contributed by atoms with Gasteiger partial charge in [0.25, 0.3) is 0 Å². The van der Waals surface area contributed by atoms with Crippen LogP contribution in [0.25, 0.3) is 0 Å². The van der Waals surface area contributed by atoms with Gasteiger partial charge in [-0.3, -0.25) is 0 Å². The summed E-state index contributed by atoms with van der Waals surface area (Å²) >= 11 is 0. The number of nitrogens with one attached hydrogen (secondary N) is 2. The van der Waals surface area contributed by atoms with E-state index in [4.69, 9.17) is 9.52 Å². The lowest BCUT2D eigenvalue weighted by atomic mass is 9.92. The number of aliphatic imine (C=N–C) groups is 1. The third-order valence-corrected chi connectivity index (χ3v) is 5.01. The molecule has 148 valence electrons. The molecule has 26 heavy (non-hydrogen) atoms. The number of hydrogen-bond donors (Lipinski definition) is 2. The van der Waals surface area contributed by atoms with Gasteiger partial charge in [0.05, 0.1) is 12.2 Å². The van der Waals surface area contributed by atoms with Gasteiger partial charge in [0.2, 0.25) is 0 Å². The van der Waals surface area contributed by atoms with Gasteiger partial charge in [-0.2, -0.15) is 0 Å². The van der Waals surface area contributed by atoms with E-state index in [1.807, 2.05) is 0 Å². The number of nitrogens with zero attached hydrogens (tertiary/aromatic N) is 3. The Kier molecular flexibility index (Phi) is 8.42. The largest absolute Gasteiger partial charge is 0.361 e. The molecule has 6 nitrogen and oxygen atoms in total. The summed E-state index contributed by atoms with van der Waals surface area (Å²) in [7, 11) is 0. The Labute approximate surface area is 158 Å². The number of hydrogen-bond acceptors (Lipinski definition) is 4. The molecular formula is C20H37N5O. The summed E-state index contributed by atoms with van der Waals surface area (Å²) in [4.78, 5) is 7.33. The van der Waals surface area contributed by atoms with Crippen molar-refractivity contribution in [1.82, 2.24) is 20.7 Å². The van der Waals surface area contributed by atoms with Crippen molar-refractivity contribution < 1.29 is 4.52 Å². The van der Waals surface area contributed by atoms with Crippen LogP contribution in [0.5, 0.6) is 0 Å². The van der Waals surface area contributed by atoms with Gasteiger partial charge < -0.3 is 20.1 Å². The van der Waals surface area contributed by atoms with Crippen LogP contribution in [-0.4, -0.2) is 48.7 Å². The average molecular weight is 364 g/mol. The van der Waals surface area contributed by atoms with E-state index in [1.165, 1.54) is 19.5 Å². The van der Waals surface area contributed by atoms with E-state index in [1.54, 1.807) is 0 Å².